The molecule has 0 radical (unpaired) electrons. The summed E-state index contributed by atoms with van der Waals surface area (Å²) in [5.74, 6) is 0.321. The van der Waals surface area contributed by atoms with E-state index in [9.17, 15) is 5.11 Å². The molecule has 2 aromatic rings. The predicted molar refractivity (Wildman–Crippen MR) is 101 cm³/mol. The van der Waals surface area contributed by atoms with Gasteiger partial charge in [0.25, 0.3) is 0 Å². The lowest BCUT2D eigenvalue weighted by molar-refractivity contribution is 0.0674. The third-order valence-corrected chi connectivity index (χ3v) is 4.20. The summed E-state index contributed by atoms with van der Waals surface area (Å²) < 4.78 is 0. The first-order chi connectivity index (χ1) is 11.5. The van der Waals surface area contributed by atoms with Gasteiger partial charge in [0.05, 0.1) is 6.54 Å². The van der Waals surface area contributed by atoms with Gasteiger partial charge in [-0.1, -0.05) is 62.4 Å². The number of anilines is 1. The fourth-order valence-electron chi connectivity index (χ4n) is 2.70. The molecule has 128 valence electrons. The first-order valence-corrected chi connectivity index (χ1v) is 8.43. The lowest BCUT2D eigenvalue weighted by atomic mass is 9.96. The number of hydrogen-bond donors (Lipinski definition) is 3. The van der Waals surface area contributed by atoms with E-state index in [0.29, 0.717) is 5.96 Å². The number of benzene rings is 2. The number of nitrogens with one attached hydrogen (secondary N) is 1. The van der Waals surface area contributed by atoms with Gasteiger partial charge in [0.2, 0.25) is 0 Å². The number of para-hydroxylation sites is 1. The van der Waals surface area contributed by atoms with E-state index in [4.69, 9.17) is 5.73 Å². The second-order valence-electron chi connectivity index (χ2n) is 6.12. The third kappa shape index (κ3) is 4.36. The Morgan fingerprint density at radius 3 is 2.17 bits per heavy atom. The Bertz CT molecular complexity index is 671. The molecule has 1 unspecified atom stereocenters. The van der Waals surface area contributed by atoms with E-state index in [1.807, 2.05) is 30.3 Å². The molecular weight excluding hydrogens is 298 g/mol. The van der Waals surface area contributed by atoms with Crippen LogP contribution in [-0.4, -0.2) is 17.6 Å². The van der Waals surface area contributed by atoms with Crippen molar-refractivity contribution < 1.29 is 5.11 Å². The maximum atomic E-state index is 10.6. The van der Waals surface area contributed by atoms with Crippen LogP contribution in [0.2, 0.25) is 0 Å². The second kappa shape index (κ2) is 7.97. The Kier molecular flexibility index (Phi) is 5.99. The molecule has 0 aromatic heterocycles. The monoisotopic (exact) mass is 325 g/mol. The van der Waals surface area contributed by atoms with Gasteiger partial charge in [-0.2, -0.15) is 0 Å². The summed E-state index contributed by atoms with van der Waals surface area (Å²) in [4.78, 5) is 4.35. The molecule has 0 saturated carbocycles. The quantitative estimate of drug-likeness (QED) is 0.563. The van der Waals surface area contributed by atoms with Gasteiger partial charge in [-0.25, -0.2) is 4.99 Å². The molecule has 0 heterocycles. The number of aryl methyl sites for hydroxylation is 2. The number of hydrogen-bond acceptors (Lipinski definition) is 2. The highest BCUT2D eigenvalue weighted by Crippen LogP contribution is 2.23. The van der Waals surface area contributed by atoms with Crippen LogP contribution >= 0.6 is 0 Å². The van der Waals surface area contributed by atoms with Crippen molar-refractivity contribution in [1.82, 2.24) is 0 Å². The minimum atomic E-state index is -1.05. The van der Waals surface area contributed by atoms with Crippen molar-refractivity contribution in [3.8, 4) is 0 Å². The van der Waals surface area contributed by atoms with Gasteiger partial charge in [-0.05, 0) is 36.5 Å². The predicted octanol–water partition coefficient (Wildman–Crippen LogP) is 3.45. The van der Waals surface area contributed by atoms with Gasteiger partial charge < -0.3 is 16.2 Å². The molecule has 0 saturated heterocycles. The van der Waals surface area contributed by atoms with Crippen molar-refractivity contribution in [3.05, 3.63) is 65.2 Å². The summed E-state index contributed by atoms with van der Waals surface area (Å²) in [5, 5.41) is 13.8. The van der Waals surface area contributed by atoms with Crippen LogP contribution in [0.4, 0.5) is 5.69 Å². The maximum Gasteiger partial charge on any atom is 0.193 e. The van der Waals surface area contributed by atoms with Gasteiger partial charge in [-0.15, -0.1) is 0 Å². The summed E-state index contributed by atoms with van der Waals surface area (Å²) >= 11 is 0. The largest absolute Gasteiger partial charge is 0.384 e. The van der Waals surface area contributed by atoms with Crippen LogP contribution in [0.25, 0.3) is 0 Å². The van der Waals surface area contributed by atoms with Crippen molar-refractivity contribution in [2.75, 3.05) is 11.9 Å². The topological polar surface area (TPSA) is 70.6 Å². The van der Waals surface area contributed by atoms with Crippen LogP contribution in [0.3, 0.4) is 0 Å². The Balaban J connectivity index is 2.15. The molecule has 0 bridgehead atoms. The van der Waals surface area contributed by atoms with Crippen LogP contribution < -0.4 is 11.1 Å². The molecule has 0 amide bonds. The molecule has 0 aliphatic heterocycles. The third-order valence-electron chi connectivity index (χ3n) is 4.20. The minimum absolute atomic E-state index is 0.200. The van der Waals surface area contributed by atoms with Gasteiger partial charge in [0.15, 0.2) is 5.96 Å². The second-order valence-corrected chi connectivity index (χ2v) is 6.12. The highest BCUT2D eigenvalue weighted by molar-refractivity contribution is 5.93. The molecule has 4 heteroatoms. The number of guanidine groups is 1. The molecule has 4 nitrogen and oxygen atoms in total. The van der Waals surface area contributed by atoms with E-state index < -0.39 is 5.60 Å². The van der Waals surface area contributed by atoms with Crippen molar-refractivity contribution in [2.45, 2.75) is 39.2 Å². The normalized spacial score (nSPS) is 14.2. The van der Waals surface area contributed by atoms with Gasteiger partial charge >= 0.3 is 0 Å². The SMILES string of the molecule is CCc1cccc(CC)c1NC(N)=NCC(C)(O)c1ccccc1. The zero-order chi connectivity index (χ0) is 17.6. The minimum Gasteiger partial charge on any atom is -0.384 e. The number of nitrogens with two attached hydrogens (primary N) is 1. The van der Waals surface area contributed by atoms with Crippen molar-refractivity contribution >= 4 is 11.6 Å². The molecule has 0 spiro atoms. The number of rotatable bonds is 6. The molecular formula is C20H27N3O. The van der Waals surface area contributed by atoms with E-state index in [0.717, 1.165) is 24.1 Å². The average molecular weight is 325 g/mol. The summed E-state index contributed by atoms with van der Waals surface area (Å²) in [5.41, 5.74) is 9.29. The zero-order valence-corrected chi connectivity index (χ0v) is 14.7. The van der Waals surface area contributed by atoms with E-state index in [2.05, 4.69) is 42.4 Å². The smallest absolute Gasteiger partial charge is 0.193 e. The number of aliphatic imine (C=N–C) groups is 1. The standard InChI is InChI=1S/C20H27N3O/c1-4-15-10-9-11-16(5-2)18(15)23-19(21)22-14-20(3,24)17-12-7-6-8-13-17/h6-13,24H,4-5,14H2,1-3H3,(H3,21,22,23). The van der Waals surface area contributed by atoms with E-state index in [1.54, 1.807) is 6.92 Å². The first kappa shape index (κ1) is 18.0. The van der Waals surface area contributed by atoms with Crippen molar-refractivity contribution in [2.24, 2.45) is 10.7 Å². The molecule has 0 fully saturated rings. The molecule has 2 rings (SSSR count). The van der Waals surface area contributed by atoms with Gasteiger partial charge in [0, 0.05) is 5.69 Å². The van der Waals surface area contributed by atoms with E-state index >= 15 is 0 Å². The number of nitrogens with zero attached hydrogens (tertiary/aromatic N) is 1. The fourth-order valence-corrected chi connectivity index (χ4v) is 2.70. The molecule has 0 aliphatic rings. The Labute approximate surface area is 144 Å². The Morgan fingerprint density at radius 2 is 1.62 bits per heavy atom. The van der Waals surface area contributed by atoms with Gasteiger partial charge in [0.1, 0.15) is 5.60 Å². The summed E-state index contributed by atoms with van der Waals surface area (Å²) in [7, 11) is 0. The maximum absolute atomic E-state index is 10.6. The van der Waals surface area contributed by atoms with Crippen molar-refractivity contribution in [1.29, 1.82) is 0 Å². The zero-order valence-electron chi connectivity index (χ0n) is 14.7. The van der Waals surface area contributed by atoms with E-state index in [1.165, 1.54) is 11.1 Å². The molecule has 0 aliphatic carbocycles. The molecule has 2 aromatic carbocycles. The highest BCUT2D eigenvalue weighted by Gasteiger charge is 2.22. The number of aliphatic hydroxyl groups is 1. The summed E-state index contributed by atoms with van der Waals surface area (Å²) in [6.45, 7) is 6.18. The van der Waals surface area contributed by atoms with Crippen LogP contribution in [0.5, 0.6) is 0 Å². The van der Waals surface area contributed by atoms with Crippen LogP contribution in [0, 0.1) is 0 Å². The van der Waals surface area contributed by atoms with Gasteiger partial charge in [-0.3, -0.25) is 0 Å². The molecule has 1 atom stereocenters. The lowest BCUT2D eigenvalue weighted by Crippen LogP contribution is -2.30. The van der Waals surface area contributed by atoms with Crippen LogP contribution in [0.15, 0.2) is 53.5 Å². The first-order valence-electron chi connectivity index (χ1n) is 8.43. The van der Waals surface area contributed by atoms with Crippen LogP contribution in [0.1, 0.15) is 37.5 Å². The molecule has 4 N–H and O–H groups in total. The summed E-state index contributed by atoms with van der Waals surface area (Å²) in [6.07, 6.45) is 1.84. The Morgan fingerprint density at radius 1 is 1.04 bits per heavy atom. The van der Waals surface area contributed by atoms with Crippen LogP contribution in [-0.2, 0) is 18.4 Å². The highest BCUT2D eigenvalue weighted by atomic mass is 16.3. The fraction of sp³-hybridized carbons (Fsp3) is 0.350. The average Bonchev–Trinajstić information content (AvgIpc) is 2.61. The lowest BCUT2D eigenvalue weighted by Gasteiger charge is -2.22. The van der Waals surface area contributed by atoms with Crippen molar-refractivity contribution in [3.63, 3.8) is 0 Å². The summed E-state index contributed by atoms with van der Waals surface area (Å²) in [6, 6.07) is 15.8. The van der Waals surface area contributed by atoms with E-state index in [-0.39, 0.29) is 6.54 Å². The molecule has 24 heavy (non-hydrogen) atoms. The Hall–Kier alpha value is -2.33.